The fraction of sp³-hybridized carbons (Fsp3) is 0.667. The molecular weight excluding hydrogens is 314 g/mol. The molecule has 0 radical (unpaired) electrons. The van der Waals surface area contributed by atoms with Gasteiger partial charge in [0.05, 0.1) is 12.7 Å². The van der Waals surface area contributed by atoms with Crippen molar-refractivity contribution in [2.75, 3.05) is 20.2 Å². The summed E-state index contributed by atoms with van der Waals surface area (Å²) >= 11 is 0. The van der Waals surface area contributed by atoms with Gasteiger partial charge < -0.3 is 14.7 Å². The normalized spacial score (nSPS) is 33.0. The van der Waals surface area contributed by atoms with Crippen LogP contribution in [-0.4, -0.2) is 41.7 Å². The predicted octanol–water partition coefficient (Wildman–Crippen LogP) is 3.26. The summed E-state index contributed by atoms with van der Waals surface area (Å²) in [6.07, 6.45) is 4.77. The first kappa shape index (κ1) is 16.9. The lowest BCUT2D eigenvalue weighted by molar-refractivity contribution is -0.161. The van der Waals surface area contributed by atoms with Crippen molar-refractivity contribution in [1.29, 1.82) is 0 Å². The summed E-state index contributed by atoms with van der Waals surface area (Å²) in [4.78, 5) is 14.6. The molecule has 2 aliphatic carbocycles. The van der Waals surface area contributed by atoms with Gasteiger partial charge in [0.2, 0.25) is 5.91 Å². The van der Waals surface area contributed by atoms with Crippen LogP contribution in [0.1, 0.15) is 56.1 Å². The van der Waals surface area contributed by atoms with Crippen molar-refractivity contribution in [2.45, 2.75) is 57.5 Å². The van der Waals surface area contributed by atoms with Crippen LogP contribution in [-0.2, 0) is 4.79 Å². The molecule has 136 valence electrons. The van der Waals surface area contributed by atoms with Crippen LogP contribution >= 0.6 is 0 Å². The van der Waals surface area contributed by atoms with Crippen molar-refractivity contribution in [2.24, 2.45) is 11.3 Å². The molecule has 1 aliphatic heterocycles. The van der Waals surface area contributed by atoms with Gasteiger partial charge in [-0.25, -0.2) is 0 Å². The third-order valence-corrected chi connectivity index (χ3v) is 6.67. The van der Waals surface area contributed by atoms with E-state index in [4.69, 9.17) is 4.74 Å². The number of nitrogens with zero attached hydrogens (tertiary/aromatic N) is 1. The topological polar surface area (TPSA) is 49.8 Å². The van der Waals surface area contributed by atoms with E-state index in [1.165, 1.54) is 24.0 Å². The average molecular weight is 343 g/mol. The van der Waals surface area contributed by atoms with E-state index >= 15 is 0 Å². The lowest BCUT2D eigenvalue weighted by Crippen LogP contribution is -2.61. The monoisotopic (exact) mass is 343 g/mol. The van der Waals surface area contributed by atoms with Crippen molar-refractivity contribution >= 4 is 5.91 Å². The number of ether oxygens (including phenoxy) is 1. The Bertz CT molecular complexity index is 682. The summed E-state index contributed by atoms with van der Waals surface area (Å²) in [6, 6.07) is 6.43. The molecule has 0 bridgehead atoms. The summed E-state index contributed by atoms with van der Waals surface area (Å²) < 4.78 is 5.65. The molecule has 4 nitrogen and oxygen atoms in total. The molecule has 1 N–H and O–H groups in total. The average Bonchev–Trinajstić information content (AvgIpc) is 2.95. The first-order valence-electron chi connectivity index (χ1n) is 9.47. The van der Waals surface area contributed by atoms with Crippen molar-refractivity contribution in [1.82, 2.24) is 4.90 Å². The second kappa shape index (κ2) is 5.73. The number of aryl methyl sites for hydroxylation is 1. The number of benzene rings is 1. The molecular formula is C21H29NO3. The fourth-order valence-electron chi connectivity index (χ4n) is 5.39. The van der Waals surface area contributed by atoms with Crippen LogP contribution in [0.25, 0.3) is 0 Å². The number of hydrogen-bond acceptors (Lipinski definition) is 3. The first-order chi connectivity index (χ1) is 11.8. The van der Waals surface area contributed by atoms with Gasteiger partial charge in [0.25, 0.3) is 0 Å². The highest BCUT2D eigenvalue weighted by molar-refractivity contribution is 5.81. The van der Waals surface area contributed by atoms with Crippen LogP contribution in [0.4, 0.5) is 0 Å². The van der Waals surface area contributed by atoms with Crippen LogP contribution in [0.15, 0.2) is 18.2 Å². The smallest absolute Gasteiger partial charge is 0.225 e. The number of likely N-dealkylation sites (tertiary alicyclic amines) is 1. The third-order valence-electron chi connectivity index (χ3n) is 6.67. The maximum Gasteiger partial charge on any atom is 0.225 e. The minimum Gasteiger partial charge on any atom is -0.496 e. The highest BCUT2D eigenvalue weighted by Crippen LogP contribution is 2.54. The standard InChI is InChI=1S/C21H29NO3/c1-14-5-4-6-17(18(14)25-3)15-7-8-21(11-15)12-22(13-21)19(23)16-9-20(2,24)10-16/h4-6,15-16,24H,7-13H2,1-3H3. The van der Waals surface area contributed by atoms with Gasteiger partial charge >= 0.3 is 0 Å². The maximum atomic E-state index is 12.5. The lowest BCUT2D eigenvalue weighted by atomic mass is 9.69. The summed E-state index contributed by atoms with van der Waals surface area (Å²) in [5.41, 5.74) is 2.22. The molecule has 1 spiro atoms. The lowest BCUT2D eigenvalue weighted by Gasteiger charge is -2.52. The van der Waals surface area contributed by atoms with E-state index in [1.54, 1.807) is 7.11 Å². The molecule has 2 saturated carbocycles. The van der Waals surface area contributed by atoms with Gasteiger partial charge in [0.1, 0.15) is 5.75 Å². The van der Waals surface area contributed by atoms with Crippen LogP contribution in [0.3, 0.4) is 0 Å². The Hall–Kier alpha value is -1.55. The van der Waals surface area contributed by atoms with Crippen LogP contribution in [0.5, 0.6) is 5.75 Å². The Labute approximate surface area is 150 Å². The summed E-state index contributed by atoms with van der Waals surface area (Å²) in [7, 11) is 1.76. The molecule has 3 fully saturated rings. The van der Waals surface area contributed by atoms with E-state index in [1.807, 2.05) is 11.8 Å². The van der Waals surface area contributed by atoms with Crippen LogP contribution in [0.2, 0.25) is 0 Å². The Kier molecular flexibility index (Phi) is 3.87. The molecule has 25 heavy (non-hydrogen) atoms. The second-order valence-corrected chi connectivity index (χ2v) is 8.93. The zero-order chi connectivity index (χ0) is 17.8. The van der Waals surface area contributed by atoms with Crippen molar-refractivity contribution < 1.29 is 14.6 Å². The van der Waals surface area contributed by atoms with Gasteiger partial charge in [0, 0.05) is 24.4 Å². The number of aliphatic hydroxyl groups is 1. The van der Waals surface area contributed by atoms with E-state index in [2.05, 4.69) is 25.1 Å². The van der Waals surface area contributed by atoms with Crippen molar-refractivity contribution in [3.05, 3.63) is 29.3 Å². The number of hydrogen-bond donors (Lipinski definition) is 1. The second-order valence-electron chi connectivity index (χ2n) is 8.93. The van der Waals surface area contributed by atoms with Crippen LogP contribution < -0.4 is 4.74 Å². The van der Waals surface area contributed by atoms with E-state index in [-0.39, 0.29) is 11.8 Å². The van der Waals surface area contributed by atoms with Gasteiger partial charge in [-0.3, -0.25) is 4.79 Å². The fourth-order valence-corrected chi connectivity index (χ4v) is 5.39. The van der Waals surface area contributed by atoms with Gasteiger partial charge in [-0.05, 0) is 63.0 Å². The number of para-hydroxylation sites is 1. The molecule has 0 aromatic heterocycles. The Balaban J connectivity index is 1.38. The molecule has 1 aromatic rings. The molecule has 4 rings (SSSR count). The SMILES string of the molecule is COc1c(C)cccc1C1CCC2(C1)CN(C(=O)C1CC(C)(O)C1)C2. The number of rotatable bonds is 3. The molecule has 1 atom stereocenters. The maximum absolute atomic E-state index is 12.5. The van der Waals surface area contributed by atoms with Crippen molar-refractivity contribution in [3.8, 4) is 5.75 Å². The molecule has 4 heteroatoms. The summed E-state index contributed by atoms with van der Waals surface area (Å²) in [5.74, 6) is 1.88. The van der Waals surface area contributed by atoms with E-state index in [0.717, 1.165) is 25.3 Å². The van der Waals surface area contributed by atoms with E-state index in [9.17, 15) is 9.90 Å². The first-order valence-corrected chi connectivity index (χ1v) is 9.47. The molecule has 1 aromatic carbocycles. The zero-order valence-electron chi connectivity index (χ0n) is 15.5. The number of carbonyl (C=O) groups excluding carboxylic acids is 1. The van der Waals surface area contributed by atoms with Crippen molar-refractivity contribution in [3.63, 3.8) is 0 Å². The number of methoxy groups -OCH3 is 1. The summed E-state index contributed by atoms with van der Waals surface area (Å²) in [5, 5.41) is 9.86. The third kappa shape index (κ3) is 2.84. The minimum absolute atomic E-state index is 0.0430. The van der Waals surface area contributed by atoms with Gasteiger partial charge in [-0.15, -0.1) is 0 Å². The highest BCUT2D eigenvalue weighted by atomic mass is 16.5. The minimum atomic E-state index is -0.622. The molecule has 1 unspecified atom stereocenters. The number of carbonyl (C=O) groups is 1. The Morgan fingerprint density at radius 3 is 2.64 bits per heavy atom. The predicted molar refractivity (Wildman–Crippen MR) is 96.7 cm³/mol. The number of amides is 1. The molecule has 1 heterocycles. The van der Waals surface area contributed by atoms with E-state index < -0.39 is 5.60 Å². The molecule has 1 saturated heterocycles. The quantitative estimate of drug-likeness (QED) is 0.916. The van der Waals surface area contributed by atoms with Gasteiger partial charge in [-0.2, -0.15) is 0 Å². The highest BCUT2D eigenvalue weighted by Gasteiger charge is 2.53. The Morgan fingerprint density at radius 2 is 2.00 bits per heavy atom. The summed E-state index contributed by atoms with van der Waals surface area (Å²) in [6.45, 7) is 5.72. The largest absolute Gasteiger partial charge is 0.496 e. The zero-order valence-corrected chi connectivity index (χ0v) is 15.5. The van der Waals surface area contributed by atoms with Gasteiger partial charge in [-0.1, -0.05) is 18.2 Å². The molecule has 3 aliphatic rings. The van der Waals surface area contributed by atoms with Gasteiger partial charge in [0.15, 0.2) is 0 Å². The van der Waals surface area contributed by atoms with Crippen LogP contribution in [0, 0.1) is 18.3 Å². The molecule has 1 amide bonds. The van der Waals surface area contributed by atoms with E-state index in [0.29, 0.717) is 24.2 Å². The Morgan fingerprint density at radius 1 is 1.28 bits per heavy atom.